The molecule has 0 amide bonds. The Hall–Kier alpha value is -0.990. The Labute approximate surface area is 93.6 Å². The summed E-state index contributed by atoms with van der Waals surface area (Å²) < 4.78 is 0. The minimum atomic E-state index is 0.0459. The zero-order chi connectivity index (χ0) is 11.0. The average Bonchev–Trinajstić information content (AvgIpc) is 2.63. The molecule has 0 N–H and O–H groups in total. The van der Waals surface area contributed by atoms with Crippen LogP contribution in [0.1, 0.15) is 12.8 Å². The minimum absolute atomic E-state index is 0.0459. The van der Waals surface area contributed by atoms with E-state index < -0.39 is 0 Å². The predicted octanol–water partition coefficient (Wildman–Crippen LogP) is 0.718. The summed E-state index contributed by atoms with van der Waals surface area (Å²) in [5.74, 6) is 2.95. The smallest absolute Gasteiger partial charge is 0.136 e. The third-order valence-electron chi connectivity index (χ3n) is 5.70. The van der Waals surface area contributed by atoms with E-state index in [-0.39, 0.29) is 17.8 Å². The van der Waals surface area contributed by atoms with Gasteiger partial charge in [0.2, 0.25) is 0 Å². The number of hydrogen-bond acceptors (Lipinski definition) is 3. The summed E-state index contributed by atoms with van der Waals surface area (Å²) >= 11 is 0. The summed E-state index contributed by atoms with van der Waals surface area (Å²) in [6, 6.07) is 0. The highest BCUT2D eigenvalue weighted by atomic mass is 16.1. The molecule has 4 aliphatic rings. The van der Waals surface area contributed by atoms with Gasteiger partial charge in [0.25, 0.3) is 0 Å². The lowest BCUT2D eigenvalue weighted by molar-refractivity contribution is -0.120. The van der Waals surface area contributed by atoms with Gasteiger partial charge in [0.05, 0.1) is 0 Å². The first-order valence-corrected chi connectivity index (χ1v) is 6.21. The third kappa shape index (κ3) is 0.781. The summed E-state index contributed by atoms with van der Waals surface area (Å²) in [4.78, 5) is 33.9. The number of Topliss-reactive ketones (excluding diaryl/α,β-unsaturated/α-hetero) is 1. The molecule has 4 saturated carbocycles. The second-order valence-corrected chi connectivity index (χ2v) is 6.01. The molecule has 4 rings (SSSR count). The van der Waals surface area contributed by atoms with Gasteiger partial charge in [-0.1, -0.05) is 0 Å². The van der Waals surface area contributed by atoms with Gasteiger partial charge in [0.15, 0.2) is 0 Å². The summed E-state index contributed by atoms with van der Waals surface area (Å²) in [5, 5.41) is 0. The number of hydrogen-bond donors (Lipinski definition) is 0. The van der Waals surface area contributed by atoms with Gasteiger partial charge < -0.3 is 9.59 Å². The number of rotatable bonds is 2. The first-order valence-electron chi connectivity index (χ1n) is 6.21. The second-order valence-electron chi connectivity index (χ2n) is 6.01. The standard InChI is InChI=1S/C13H14O3/c14-3-5-1-6(4-15)10-9(5)7-2-8(16)12-11(7)13(10)12/h3-7,9-13H,1-2H2/t5-,6+,7-,9-,10-,11+,12+,13+/m1/s1. The van der Waals surface area contributed by atoms with Gasteiger partial charge in [-0.25, -0.2) is 0 Å². The largest absolute Gasteiger partial charge is 0.303 e. The van der Waals surface area contributed by atoms with Gasteiger partial charge in [-0.05, 0) is 36.0 Å². The molecule has 4 aliphatic carbocycles. The maximum Gasteiger partial charge on any atom is 0.136 e. The van der Waals surface area contributed by atoms with Crippen molar-refractivity contribution < 1.29 is 14.4 Å². The molecule has 0 aliphatic heterocycles. The Morgan fingerprint density at radius 1 is 0.938 bits per heavy atom. The van der Waals surface area contributed by atoms with Crippen LogP contribution in [0.2, 0.25) is 0 Å². The minimum Gasteiger partial charge on any atom is -0.303 e. The summed E-state index contributed by atoms with van der Waals surface area (Å²) in [7, 11) is 0. The molecule has 0 aromatic carbocycles. The van der Waals surface area contributed by atoms with E-state index in [1.807, 2.05) is 0 Å². The number of fused-ring (bicyclic) bond motifs is 4. The van der Waals surface area contributed by atoms with Gasteiger partial charge in [-0.15, -0.1) is 0 Å². The molecule has 16 heavy (non-hydrogen) atoms. The van der Waals surface area contributed by atoms with E-state index in [2.05, 4.69) is 0 Å². The van der Waals surface area contributed by atoms with Gasteiger partial charge in [0, 0.05) is 24.2 Å². The van der Waals surface area contributed by atoms with Crippen molar-refractivity contribution in [1.82, 2.24) is 0 Å². The van der Waals surface area contributed by atoms with Crippen LogP contribution in [0.4, 0.5) is 0 Å². The number of aldehydes is 2. The van der Waals surface area contributed by atoms with Crippen LogP contribution in [0.15, 0.2) is 0 Å². The van der Waals surface area contributed by atoms with E-state index in [4.69, 9.17) is 0 Å². The second kappa shape index (κ2) is 2.63. The molecule has 0 unspecified atom stereocenters. The number of carbonyl (C=O) groups is 3. The van der Waals surface area contributed by atoms with Crippen LogP contribution >= 0.6 is 0 Å². The first-order chi connectivity index (χ1) is 7.77. The van der Waals surface area contributed by atoms with Crippen LogP contribution in [0.25, 0.3) is 0 Å². The highest BCUT2D eigenvalue weighted by molar-refractivity contribution is 5.89. The van der Waals surface area contributed by atoms with E-state index in [9.17, 15) is 14.4 Å². The van der Waals surface area contributed by atoms with E-state index in [1.165, 1.54) is 0 Å². The Morgan fingerprint density at radius 3 is 2.31 bits per heavy atom. The van der Waals surface area contributed by atoms with Crippen molar-refractivity contribution in [2.24, 2.45) is 47.3 Å². The van der Waals surface area contributed by atoms with Gasteiger partial charge >= 0.3 is 0 Å². The van der Waals surface area contributed by atoms with E-state index >= 15 is 0 Å². The van der Waals surface area contributed by atoms with Crippen molar-refractivity contribution in [2.45, 2.75) is 12.8 Å². The number of carbonyl (C=O) groups excluding carboxylic acids is 3. The summed E-state index contributed by atoms with van der Waals surface area (Å²) in [6.07, 6.45) is 3.49. The molecule has 0 spiro atoms. The summed E-state index contributed by atoms with van der Waals surface area (Å²) in [6.45, 7) is 0. The van der Waals surface area contributed by atoms with Crippen LogP contribution < -0.4 is 0 Å². The molecule has 0 aromatic rings. The van der Waals surface area contributed by atoms with Crippen LogP contribution in [0, 0.1) is 47.3 Å². The molecule has 3 heteroatoms. The van der Waals surface area contributed by atoms with Gasteiger partial charge in [0.1, 0.15) is 18.4 Å². The highest BCUT2D eigenvalue weighted by Crippen LogP contribution is 2.75. The molecule has 3 nitrogen and oxygen atoms in total. The fraction of sp³-hybridized carbons (Fsp3) is 0.769. The van der Waals surface area contributed by atoms with Gasteiger partial charge in [-0.3, -0.25) is 4.79 Å². The molecule has 4 fully saturated rings. The fourth-order valence-electron chi connectivity index (χ4n) is 5.37. The maximum absolute atomic E-state index is 11.7. The SMILES string of the molecule is O=C[C@@H]1C[C@H](C=O)[C@@H]2[C@H]3CC(=O)[C@@H]4[C@@H]([C@@H]21)[C@@H]34. The average molecular weight is 218 g/mol. The van der Waals surface area contributed by atoms with Crippen molar-refractivity contribution in [3.63, 3.8) is 0 Å². The lowest BCUT2D eigenvalue weighted by atomic mass is 9.81. The Bertz CT molecular complexity index is 388. The third-order valence-corrected chi connectivity index (χ3v) is 5.70. The molecule has 0 saturated heterocycles. The first kappa shape index (κ1) is 9.08. The van der Waals surface area contributed by atoms with Crippen LogP contribution in [0.3, 0.4) is 0 Å². The van der Waals surface area contributed by atoms with Crippen LogP contribution in [0.5, 0.6) is 0 Å². The van der Waals surface area contributed by atoms with Crippen molar-refractivity contribution in [2.75, 3.05) is 0 Å². The lowest BCUT2D eigenvalue weighted by Gasteiger charge is -2.21. The van der Waals surface area contributed by atoms with E-state index in [0.29, 0.717) is 41.8 Å². The molecule has 0 heterocycles. The predicted molar refractivity (Wildman–Crippen MR) is 54.3 cm³/mol. The van der Waals surface area contributed by atoms with E-state index in [1.54, 1.807) is 0 Å². The summed E-state index contributed by atoms with van der Waals surface area (Å²) in [5.41, 5.74) is 0. The van der Waals surface area contributed by atoms with Crippen molar-refractivity contribution in [1.29, 1.82) is 0 Å². The highest BCUT2D eigenvalue weighted by Gasteiger charge is 2.76. The maximum atomic E-state index is 11.7. The van der Waals surface area contributed by atoms with Crippen molar-refractivity contribution in [3.8, 4) is 0 Å². The quantitative estimate of drug-likeness (QED) is 0.642. The van der Waals surface area contributed by atoms with Crippen molar-refractivity contribution in [3.05, 3.63) is 0 Å². The van der Waals surface area contributed by atoms with Crippen molar-refractivity contribution >= 4 is 18.4 Å². The van der Waals surface area contributed by atoms with Crippen LogP contribution in [-0.2, 0) is 14.4 Å². The molecule has 8 atom stereocenters. The zero-order valence-corrected chi connectivity index (χ0v) is 8.91. The fourth-order valence-corrected chi connectivity index (χ4v) is 5.37. The molecule has 0 bridgehead atoms. The molecule has 0 radical (unpaired) electrons. The Morgan fingerprint density at radius 2 is 1.62 bits per heavy atom. The van der Waals surface area contributed by atoms with Crippen LogP contribution in [-0.4, -0.2) is 18.4 Å². The normalized spacial score (nSPS) is 60.6. The Balaban J connectivity index is 1.75. The molecule has 84 valence electrons. The zero-order valence-electron chi connectivity index (χ0n) is 8.91. The topological polar surface area (TPSA) is 51.2 Å². The molecular formula is C13H14O3. The van der Waals surface area contributed by atoms with Gasteiger partial charge in [-0.2, -0.15) is 0 Å². The number of ketones is 1. The monoisotopic (exact) mass is 218 g/mol. The molecular weight excluding hydrogens is 204 g/mol. The van der Waals surface area contributed by atoms with E-state index in [0.717, 1.165) is 19.0 Å². The Kier molecular flexibility index (Phi) is 1.49. The molecule has 0 aromatic heterocycles. The lowest BCUT2D eigenvalue weighted by Crippen LogP contribution is -2.22.